The van der Waals surface area contributed by atoms with Crippen molar-refractivity contribution in [3.05, 3.63) is 52.5 Å². The third-order valence-electron chi connectivity index (χ3n) is 3.06. The van der Waals surface area contributed by atoms with Crippen molar-refractivity contribution in [3.63, 3.8) is 0 Å². The van der Waals surface area contributed by atoms with E-state index in [9.17, 15) is 4.79 Å². The lowest BCUT2D eigenvalue weighted by Crippen LogP contribution is -2.10. The van der Waals surface area contributed by atoms with Gasteiger partial charge in [-0.2, -0.15) is 0 Å². The number of hydrogen-bond acceptors (Lipinski definition) is 4. The zero-order valence-electron chi connectivity index (χ0n) is 12.7. The number of carbonyl (C=O) groups excluding carboxylic acids is 1. The summed E-state index contributed by atoms with van der Waals surface area (Å²) >= 11 is 6.09. The number of anilines is 1. The van der Waals surface area contributed by atoms with Crippen molar-refractivity contribution >= 4 is 23.1 Å². The van der Waals surface area contributed by atoms with Gasteiger partial charge in [0.05, 0.1) is 18.2 Å². The lowest BCUT2D eigenvalue weighted by molar-refractivity contribution is 0.103. The lowest BCUT2D eigenvalue weighted by Gasteiger charge is -2.16. The van der Waals surface area contributed by atoms with Crippen molar-refractivity contribution in [2.75, 3.05) is 12.8 Å². The molecular formula is C17H18ClNO3. The van der Waals surface area contributed by atoms with E-state index in [0.29, 0.717) is 33.3 Å². The van der Waals surface area contributed by atoms with Gasteiger partial charge in [0, 0.05) is 22.9 Å². The fourth-order valence-electron chi connectivity index (χ4n) is 2.07. The molecule has 0 fully saturated rings. The van der Waals surface area contributed by atoms with Crippen molar-refractivity contribution in [2.45, 2.75) is 20.0 Å². The van der Waals surface area contributed by atoms with Crippen molar-refractivity contribution in [3.8, 4) is 11.5 Å². The Morgan fingerprint density at radius 3 is 2.41 bits per heavy atom. The van der Waals surface area contributed by atoms with Gasteiger partial charge in [-0.25, -0.2) is 0 Å². The van der Waals surface area contributed by atoms with Gasteiger partial charge in [0.25, 0.3) is 0 Å². The fraction of sp³-hybridized carbons (Fsp3) is 0.235. The average Bonchev–Trinajstić information content (AvgIpc) is 2.48. The largest absolute Gasteiger partial charge is 0.493 e. The molecule has 2 N–H and O–H groups in total. The molecule has 0 heterocycles. The molecule has 0 atom stereocenters. The van der Waals surface area contributed by atoms with E-state index in [1.807, 2.05) is 13.8 Å². The molecule has 0 radical (unpaired) electrons. The number of ether oxygens (including phenoxy) is 2. The molecule has 4 nitrogen and oxygen atoms in total. The van der Waals surface area contributed by atoms with E-state index in [-0.39, 0.29) is 11.9 Å². The van der Waals surface area contributed by atoms with Gasteiger partial charge in [-0.1, -0.05) is 23.7 Å². The summed E-state index contributed by atoms with van der Waals surface area (Å²) in [6.07, 6.45) is -0.0548. The van der Waals surface area contributed by atoms with Crippen molar-refractivity contribution < 1.29 is 14.3 Å². The normalized spacial score (nSPS) is 10.6. The van der Waals surface area contributed by atoms with Crippen LogP contribution in [0.2, 0.25) is 5.02 Å². The molecule has 5 heteroatoms. The Balaban J connectivity index is 2.51. The molecule has 0 amide bonds. The van der Waals surface area contributed by atoms with Gasteiger partial charge in [0.15, 0.2) is 17.3 Å². The summed E-state index contributed by atoms with van der Waals surface area (Å²) in [6, 6.07) is 10.0. The number of rotatable bonds is 5. The van der Waals surface area contributed by atoms with Crippen LogP contribution in [-0.2, 0) is 0 Å². The molecule has 2 rings (SSSR count). The SMILES string of the molecule is COc1cc(N)c(C(=O)c2ccccc2Cl)cc1OC(C)C. The number of nitrogens with two attached hydrogens (primary N) is 1. The van der Waals surface area contributed by atoms with E-state index in [4.69, 9.17) is 26.8 Å². The minimum Gasteiger partial charge on any atom is -0.493 e. The van der Waals surface area contributed by atoms with Crippen LogP contribution in [0.25, 0.3) is 0 Å². The van der Waals surface area contributed by atoms with Crippen LogP contribution in [0.5, 0.6) is 11.5 Å². The Labute approximate surface area is 134 Å². The molecule has 116 valence electrons. The number of ketones is 1. The monoisotopic (exact) mass is 319 g/mol. The van der Waals surface area contributed by atoms with Gasteiger partial charge in [0.1, 0.15) is 0 Å². The number of carbonyl (C=O) groups is 1. The summed E-state index contributed by atoms with van der Waals surface area (Å²) in [6.45, 7) is 3.79. The van der Waals surface area contributed by atoms with E-state index in [1.54, 1.807) is 36.4 Å². The van der Waals surface area contributed by atoms with E-state index in [2.05, 4.69) is 0 Å². The zero-order chi connectivity index (χ0) is 16.3. The Morgan fingerprint density at radius 2 is 1.82 bits per heavy atom. The van der Waals surface area contributed by atoms with Gasteiger partial charge in [-0.3, -0.25) is 4.79 Å². The Hall–Kier alpha value is -2.20. The molecule has 22 heavy (non-hydrogen) atoms. The molecule has 0 aliphatic heterocycles. The molecular weight excluding hydrogens is 302 g/mol. The molecule has 2 aromatic rings. The second-order valence-corrected chi connectivity index (χ2v) is 5.47. The van der Waals surface area contributed by atoms with Gasteiger partial charge < -0.3 is 15.2 Å². The van der Waals surface area contributed by atoms with Crippen molar-refractivity contribution in [1.82, 2.24) is 0 Å². The van der Waals surface area contributed by atoms with E-state index >= 15 is 0 Å². The number of hydrogen-bond donors (Lipinski definition) is 1. The molecule has 2 aromatic carbocycles. The average molecular weight is 320 g/mol. The van der Waals surface area contributed by atoms with Gasteiger partial charge >= 0.3 is 0 Å². The summed E-state index contributed by atoms with van der Waals surface area (Å²) < 4.78 is 10.9. The first kappa shape index (κ1) is 16.2. The third-order valence-corrected chi connectivity index (χ3v) is 3.39. The summed E-state index contributed by atoms with van der Waals surface area (Å²) in [5, 5.41) is 0.383. The minimum absolute atomic E-state index is 0.0548. The first-order valence-electron chi connectivity index (χ1n) is 6.87. The molecule has 0 unspecified atom stereocenters. The Bertz CT molecular complexity index is 698. The van der Waals surface area contributed by atoms with E-state index in [0.717, 1.165) is 0 Å². The summed E-state index contributed by atoms with van der Waals surface area (Å²) in [5.74, 6) is 0.711. The van der Waals surface area contributed by atoms with Gasteiger partial charge in [-0.05, 0) is 32.0 Å². The van der Waals surface area contributed by atoms with Crippen LogP contribution in [0.3, 0.4) is 0 Å². The van der Waals surface area contributed by atoms with Crippen LogP contribution in [0.1, 0.15) is 29.8 Å². The number of halogens is 1. The topological polar surface area (TPSA) is 61.5 Å². The molecule has 0 spiro atoms. The maximum absolute atomic E-state index is 12.7. The smallest absolute Gasteiger partial charge is 0.196 e. The van der Waals surface area contributed by atoms with Crippen LogP contribution < -0.4 is 15.2 Å². The van der Waals surface area contributed by atoms with Crippen molar-refractivity contribution in [1.29, 1.82) is 0 Å². The Morgan fingerprint density at radius 1 is 1.14 bits per heavy atom. The zero-order valence-corrected chi connectivity index (χ0v) is 13.5. The maximum atomic E-state index is 12.7. The van der Waals surface area contributed by atoms with Crippen LogP contribution in [0.15, 0.2) is 36.4 Å². The number of nitrogen functional groups attached to an aromatic ring is 1. The van der Waals surface area contributed by atoms with Crippen molar-refractivity contribution in [2.24, 2.45) is 0 Å². The highest BCUT2D eigenvalue weighted by Gasteiger charge is 2.19. The minimum atomic E-state index is -0.251. The molecule has 0 aromatic heterocycles. The fourth-order valence-corrected chi connectivity index (χ4v) is 2.29. The van der Waals surface area contributed by atoms with Gasteiger partial charge in [0.2, 0.25) is 0 Å². The lowest BCUT2D eigenvalue weighted by atomic mass is 10.0. The molecule has 0 aliphatic rings. The number of methoxy groups -OCH3 is 1. The Kier molecular flexibility index (Phi) is 4.93. The predicted molar refractivity (Wildman–Crippen MR) is 88.1 cm³/mol. The van der Waals surface area contributed by atoms with Crippen LogP contribution in [0.4, 0.5) is 5.69 Å². The van der Waals surface area contributed by atoms with Gasteiger partial charge in [-0.15, -0.1) is 0 Å². The summed E-state index contributed by atoms with van der Waals surface area (Å²) in [7, 11) is 1.53. The number of benzene rings is 2. The quantitative estimate of drug-likeness (QED) is 0.669. The molecule has 0 bridgehead atoms. The summed E-state index contributed by atoms with van der Waals surface area (Å²) in [5.41, 5.74) is 7.04. The first-order chi connectivity index (χ1) is 10.4. The molecule has 0 saturated carbocycles. The standard InChI is InChI=1S/C17H18ClNO3/c1-10(2)22-16-8-12(14(19)9-15(16)21-3)17(20)11-6-4-5-7-13(11)18/h4-10H,19H2,1-3H3. The first-order valence-corrected chi connectivity index (χ1v) is 7.25. The second-order valence-electron chi connectivity index (χ2n) is 5.07. The molecule has 0 aliphatic carbocycles. The predicted octanol–water partition coefficient (Wildman–Crippen LogP) is 3.95. The van der Waals surface area contributed by atoms with E-state index in [1.165, 1.54) is 7.11 Å². The second kappa shape index (κ2) is 6.71. The highest BCUT2D eigenvalue weighted by molar-refractivity contribution is 6.35. The highest BCUT2D eigenvalue weighted by Crippen LogP contribution is 2.34. The maximum Gasteiger partial charge on any atom is 0.196 e. The highest BCUT2D eigenvalue weighted by atomic mass is 35.5. The molecule has 0 saturated heterocycles. The van der Waals surface area contributed by atoms with Crippen LogP contribution in [-0.4, -0.2) is 19.0 Å². The van der Waals surface area contributed by atoms with E-state index < -0.39 is 0 Å². The van der Waals surface area contributed by atoms with Crippen LogP contribution >= 0.6 is 11.6 Å². The summed E-state index contributed by atoms with van der Waals surface area (Å²) in [4.78, 5) is 12.7. The van der Waals surface area contributed by atoms with Crippen LogP contribution in [0, 0.1) is 0 Å². The third kappa shape index (κ3) is 3.34.